The molecule has 4 saturated carbocycles. The maximum Gasteiger partial charge on any atom is 0.335 e. The molecule has 6 rings (SSSR count). The minimum Gasteiger partial charge on any atom is -0.479 e. The molecule has 322 valence electrons. The predicted octanol–water partition coefficient (Wildman–Crippen LogP) is 3.03. The average molecular weight is 807 g/mol. The zero-order valence-electron chi connectivity index (χ0n) is 34.9. The van der Waals surface area contributed by atoms with Crippen molar-refractivity contribution in [2.24, 2.45) is 50.2 Å². The highest BCUT2D eigenvalue weighted by molar-refractivity contribution is 5.87. The van der Waals surface area contributed by atoms with E-state index in [4.69, 9.17) is 18.9 Å². The second kappa shape index (κ2) is 14.9. The van der Waals surface area contributed by atoms with Crippen molar-refractivity contribution < 1.29 is 69.1 Å². The molecule has 1 heterocycles. The molecule has 5 aliphatic carbocycles. The van der Waals surface area contributed by atoms with Gasteiger partial charge in [-0.2, -0.15) is 0 Å². The number of aliphatic hydroxyl groups is 6. The third kappa shape index (κ3) is 6.45. The lowest BCUT2D eigenvalue weighted by Crippen LogP contribution is -2.72. The van der Waals surface area contributed by atoms with Crippen LogP contribution in [-0.2, 0) is 33.3 Å². The molecule has 7 N–H and O–H groups in total. The number of carboxylic acid groups (broad SMARTS) is 1. The summed E-state index contributed by atoms with van der Waals surface area (Å²) >= 11 is 0. The Balaban J connectivity index is 1.35. The minimum absolute atomic E-state index is 0.0834. The summed E-state index contributed by atoms with van der Waals surface area (Å²) in [6, 6.07) is 0. The number of aliphatic hydroxyl groups excluding tert-OH is 6. The van der Waals surface area contributed by atoms with Crippen LogP contribution in [-0.4, -0.2) is 122 Å². The molecule has 0 radical (unpaired) electrons. The number of carboxylic acids is 1. The van der Waals surface area contributed by atoms with Crippen LogP contribution >= 0.6 is 0 Å². The van der Waals surface area contributed by atoms with Crippen LogP contribution in [0.5, 0.6) is 0 Å². The molecule has 6 aliphatic rings. The SMILES string of the molecule is C/C=C(\C)C(=O)O[C@H]1[C@H](O)[C@]2(COC(C)=O)[C@@H](O)C[C@]3(C)C(=CC[C@@H]4[C@@]5(C)CC[C@H](O[C@H]6O[C@H](C(=O)O)[C@@H](O)[C@H](O)[C@H]6O)[C@@](C)(CO)[C@@H]5CC[C@]43C)[C@@H]2CC1(C)C. The Morgan fingerprint density at radius 1 is 0.912 bits per heavy atom. The lowest BCUT2D eigenvalue weighted by atomic mass is 9.33. The lowest BCUT2D eigenvalue weighted by molar-refractivity contribution is -0.328. The topological polar surface area (TPSA) is 230 Å². The normalized spacial score (nSPS) is 49.2. The van der Waals surface area contributed by atoms with Gasteiger partial charge in [-0.05, 0) is 92.8 Å². The number of rotatable bonds is 8. The van der Waals surface area contributed by atoms with Crippen LogP contribution in [0.4, 0.5) is 0 Å². The van der Waals surface area contributed by atoms with Crippen molar-refractivity contribution in [2.45, 2.75) is 162 Å². The summed E-state index contributed by atoms with van der Waals surface area (Å²) in [4.78, 5) is 37.3. The fourth-order valence-corrected chi connectivity index (χ4v) is 13.2. The summed E-state index contributed by atoms with van der Waals surface area (Å²) in [6.45, 7) is 16.8. The Hall–Kier alpha value is -2.43. The second-order valence-electron chi connectivity index (χ2n) is 20.0. The zero-order valence-corrected chi connectivity index (χ0v) is 34.9. The van der Waals surface area contributed by atoms with E-state index in [0.717, 1.165) is 12.0 Å². The molecule has 14 heteroatoms. The van der Waals surface area contributed by atoms with Gasteiger partial charge in [-0.1, -0.05) is 59.3 Å². The molecular formula is C43H66O14. The fourth-order valence-electron chi connectivity index (χ4n) is 13.2. The Morgan fingerprint density at radius 2 is 1.58 bits per heavy atom. The molecule has 1 aliphatic heterocycles. The Kier molecular flexibility index (Phi) is 11.6. The molecule has 0 aromatic rings. The van der Waals surface area contributed by atoms with E-state index in [1.165, 1.54) is 6.92 Å². The number of fused-ring (bicyclic) bond motifs is 7. The maximum atomic E-state index is 13.1. The highest BCUT2D eigenvalue weighted by Gasteiger charge is 2.73. The van der Waals surface area contributed by atoms with Gasteiger partial charge >= 0.3 is 17.9 Å². The molecule has 57 heavy (non-hydrogen) atoms. The number of carbonyl (C=O) groups is 3. The average Bonchev–Trinajstić information content (AvgIpc) is 3.13. The highest BCUT2D eigenvalue weighted by Crippen LogP contribution is 2.76. The molecule has 17 atom stereocenters. The van der Waals surface area contributed by atoms with Gasteiger partial charge in [-0.3, -0.25) is 4.79 Å². The van der Waals surface area contributed by atoms with Crippen molar-refractivity contribution in [3.8, 4) is 0 Å². The monoisotopic (exact) mass is 806 g/mol. The van der Waals surface area contributed by atoms with Crippen molar-refractivity contribution in [1.82, 2.24) is 0 Å². The number of hydrogen-bond acceptors (Lipinski definition) is 13. The molecule has 0 unspecified atom stereocenters. The Bertz CT molecular complexity index is 1660. The second-order valence-corrected chi connectivity index (χ2v) is 20.0. The maximum absolute atomic E-state index is 13.1. The van der Waals surface area contributed by atoms with Crippen LogP contribution in [0.1, 0.15) is 107 Å². The number of carbonyl (C=O) groups excluding carboxylic acids is 2. The van der Waals surface area contributed by atoms with Gasteiger partial charge in [0.1, 0.15) is 37.1 Å². The summed E-state index contributed by atoms with van der Waals surface area (Å²) in [5.41, 5.74) is -2.67. The van der Waals surface area contributed by atoms with E-state index in [9.17, 15) is 50.1 Å². The van der Waals surface area contributed by atoms with Crippen molar-refractivity contribution in [2.75, 3.05) is 13.2 Å². The number of hydrogen-bond donors (Lipinski definition) is 7. The van der Waals surface area contributed by atoms with Crippen LogP contribution < -0.4 is 0 Å². The summed E-state index contributed by atoms with van der Waals surface area (Å²) < 4.78 is 23.5. The summed E-state index contributed by atoms with van der Waals surface area (Å²) in [5, 5.41) is 77.3. The van der Waals surface area contributed by atoms with Gasteiger partial charge in [0.25, 0.3) is 0 Å². The van der Waals surface area contributed by atoms with Crippen molar-refractivity contribution in [3.63, 3.8) is 0 Å². The summed E-state index contributed by atoms with van der Waals surface area (Å²) in [7, 11) is 0. The van der Waals surface area contributed by atoms with Gasteiger partial charge in [0.05, 0.1) is 24.2 Å². The number of aliphatic carboxylic acids is 1. The molecule has 14 nitrogen and oxygen atoms in total. The first-order valence-corrected chi connectivity index (χ1v) is 20.6. The van der Waals surface area contributed by atoms with Crippen molar-refractivity contribution >= 4 is 17.9 Å². The largest absolute Gasteiger partial charge is 0.479 e. The third-order valence-corrected chi connectivity index (χ3v) is 16.8. The number of esters is 2. The standard InChI is InChI=1S/C43H66O14/c1-10-21(2)36(53)57-34-33(50)43(20-54-22(3)45)24(17-38(34,4)5)23-11-12-26-39(6)15-14-28(55-37-31(49)29(47)30(48)32(56-37)35(51)52)40(7,19-44)25(39)13-16-41(26,8)42(23,9)18-27(43)46/h10-11,24-34,37,44,46-50H,12-20H2,1-9H3,(H,51,52)/b21-10+/t24-,25+,26+,27-,28-,29-,30-,31+,32-,33-,34-,37-,39-,40-,41+,42+,43-/m0/s1. The van der Waals surface area contributed by atoms with Crippen LogP contribution in [0.2, 0.25) is 0 Å². The molecule has 0 bridgehead atoms. The van der Waals surface area contributed by atoms with Gasteiger partial charge in [0.2, 0.25) is 0 Å². The smallest absolute Gasteiger partial charge is 0.335 e. The Morgan fingerprint density at radius 3 is 2.18 bits per heavy atom. The predicted molar refractivity (Wildman–Crippen MR) is 204 cm³/mol. The van der Waals surface area contributed by atoms with Gasteiger partial charge in [-0.15, -0.1) is 0 Å². The van der Waals surface area contributed by atoms with Gasteiger partial charge in [0.15, 0.2) is 12.4 Å². The summed E-state index contributed by atoms with van der Waals surface area (Å²) in [6.07, 6.45) is -4.98. The van der Waals surface area contributed by atoms with E-state index in [1.807, 2.05) is 20.8 Å². The molecule has 0 amide bonds. The first-order valence-electron chi connectivity index (χ1n) is 20.6. The van der Waals surface area contributed by atoms with Crippen LogP contribution in [0, 0.1) is 50.2 Å². The van der Waals surface area contributed by atoms with E-state index < -0.39 is 101 Å². The molecule has 5 fully saturated rings. The Labute approximate surface area is 335 Å². The van der Waals surface area contributed by atoms with E-state index >= 15 is 0 Å². The third-order valence-electron chi connectivity index (χ3n) is 16.8. The number of allylic oxidation sites excluding steroid dienone is 3. The van der Waals surface area contributed by atoms with E-state index in [1.54, 1.807) is 19.9 Å². The van der Waals surface area contributed by atoms with Crippen LogP contribution in [0.25, 0.3) is 0 Å². The molecule has 1 saturated heterocycles. The van der Waals surface area contributed by atoms with E-state index in [0.29, 0.717) is 37.7 Å². The van der Waals surface area contributed by atoms with Gasteiger partial charge < -0.3 is 54.7 Å². The highest BCUT2D eigenvalue weighted by atomic mass is 16.7. The van der Waals surface area contributed by atoms with E-state index in [2.05, 4.69) is 26.8 Å². The molecule has 0 aromatic heterocycles. The van der Waals surface area contributed by atoms with Crippen molar-refractivity contribution in [1.29, 1.82) is 0 Å². The first-order chi connectivity index (χ1) is 26.4. The van der Waals surface area contributed by atoms with E-state index in [-0.39, 0.29) is 42.3 Å². The van der Waals surface area contributed by atoms with Gasteiger partial charge in [0, 0.05) is 23.3 Å². The van der Waals surface area contributed by atoms with Crippen LogP contribution in [0.15, 0.2) is 23.3 Å². The van der Waals surface area contributed by atoms with Gasteiger partial charge in [-0.25, -0.2) is 9.59 Å². The summed E-state index contributed by atoms with van der Waals surface area (Å²) in [5.74, 6) is -3.00. The number of ether oxygens (including phenoxy) is 4. The fraction of sp³-hybridized carbons (Fsp3) is 0.837. The molecule has 0 spiro atoms. The molecular weight excluding hydrogens is 740 g/mol. The van der Waals surface area contributed by atoms with Crippen molar-refractivity contribution in [3.05, 3.63) is 23.3 Å². The van der Waals surface area contributed by atoms with Crippen LogP contribution in [0.3, 0.4) is 0 Å². The minimum atomic E-state index is -1.85. The lowest BCUT2D eigenvalue weighted by Gasteiger charge is -2.72. The molecule has 0 aromatic carbocycles. The zero-order chi connectivity index (χ0) is 42.4. The first kappa shape index (κ1) is 44.1. The quantitative estimate of drug-likeness (QED) is 0.0810.